The fourth-order valence-corrected chi connectivity index (χ4v) is 5.59. The maximum Gasteiger partial charge on any atom is 0.511 e. The van der Waals surface area contributed by atoms with Crippen molar-refractivity contribution in [3.8, 4) is 5.75 Å². The standard InChI is InChI=1S/C24H29F3N4O3S/c1-23(15-28-17-29-23)16-31-20(9-8-18-6-4-3-5-7-18)14-30(35(32,33)24(25,26)27)13-19-12-21(34-2)10-11-22(19)31/h3-7,10-12,17,20H,8-9,13-16H2,1-2H3,(H,28,29). The molecule has 7 nitrogen and oxygen atoms in total. The molecule has 11 heteroatoms. The third-order valence-electron chi connectivity index (χ3n) is 6.50. The van der Waals surface area contributed by atoms with Gasteiger partial charge < -0.3 is 15.0 Å². The van der Waals surface area contributed by atoms with Crippen LogP contribution in [-0.2, 0) is 23.0 Å². The lowest BCUT2D eigenvalue weighted by Crippen LogP contribution is -2.55. The highest BCUT2D eigenvalue weighted by atomic mass is 32.2. The Balaban J connectivity index is 1.77. The second-order valence-corrected chi connectivity index (χ2v) is 11.1. The second-order valence-electron chi connectivity index (χ2n) is 9.22. The van der Waals surface area contributed by atoms with Crippen molar-refractivity contribution in [1.82, 2.24) is 9.62 Å². The van der Waals surface area contributed by atoms with Crippen LogP contribution in [0.4, 0.5) is 18.9 Å². The number of aliphatic imine (C=N–C) groups is 1. The van der Waals surface area contributed by atoms with E-state index in [2.05, 4.69) is 10.3 Å². The molecule has 2 heterocycles. The average molecular weight is 511 g/mol. The number of rotatable bonds is 7. The first-order valence-corrected chi connectivity index (χ1v) is 12.8. The van der Waals surface area contributed by atoms with Crippen molar-refractivity contribution in [2.45, 2.75) is 43.4 Å². The third kappa shape index (κ3) is 5.40. The zero-order valence-corrected chi connectivity index (χ0v) is 20.4. The van der Waals surface area contributed by atoms with Crippen LogP contribution in [0, 0.1) is 0 Å². The minimum Gasteiger partial charge on any atom is -0.497 e. The van der Waals surface area contributed by atoms with Gasteiger partial charge in [0, 0.05) is 31.4 Å². The van der Waals surface area contributed by atoms with Crippen LogP contribution in [0.3, 0.4) is 0 Å². The fourth-order valence-electron chi connectivity index (χ4n) is 4.62. The summed E-state index contributed by atoms with van der Waals surface area (Å²) in [6, 6.07) is 14.3. The third-order valence-corrected chi connectivity index (χ3v) is 8.05. The molecule has 2 unspecified atom stereocenters. The van der Waals surface area contributed by atoms with E-state index in [1.807, 2.05) is 42.2 Å². The van der Waals surface area contributed by atoms with Gasteiger partial charge in [-0.15, -0.1) is 0 Å². The lowest BCUT2D eigenvalue weighted by Gasteiger charge is -2.39. The fraction of sp³-hybridized carbons (Fsp3) is 0.458. The monoisotopic (exact) mass is 510 g/mol. The molecule has 35 heavy (non-hydrogen) atoms. The van der Waals surface area contributed by atoms with Crippen molar-refractivity contribution >= 4 is 22.0 Å². The highest BCUT2D eigenvalue weighted by Crippen LogP contribution is 2.37. The van der Waals surface area contributed by atoms with Crippen molar-refractivity contribution in [2.24, 2.45) is 4.99 Å². The Morgan fingerprint density at radius 2 is 1.94 bits per heavy atom. The van der Waals surface area contributed by atoms with E-state index in [0.717, 1.165) is 5.56 Å². The molecule has 4 rings (SSSR count). The van der Waals surface area contributed by atoms with Gasteiger partial charge in [-0.2, -0.15) is 17.5 Å². The molecule has 2 atom stereocenters. The molecule has 0 radical (unpaired) electrons. The molecule has 0 amide bonds. The molecular weight excluding hydrogens is 481 g/mol. The Bertz CT molecular complexity index is 1160. The number of nitrogens with zero attached hydrogens (tertiary/aromatic N) is 3. The van der Waals surface area contributed by atoms with Crippen molar-refractivity contribution in [3.63, 3.8) is 0 Å². The summed E-state index contributed by atoms with van der Waals surface area (Å²) >= 11 is 0. The van der Waals surface area contributed by atoms with E-state index in [1.165, 1.54) is 7.11 Å². The Kier molecular flexibility index (Phi) is 7.01. The average Bonchev–Trinajstić information content (AvgIpc) is 3.19. The lowest BCUT2D eigenvalue weighted by molar-refractivity contribution is -0.0492. The number of anilines is 1. The number of ether oxygens (including phenoxy) is 1. The van der Waals surface area contributed by atoms with E-state index in [9.17, 15) is 21.6 Å². The maximum atomic E-state index is 13.6. The quantitative estimate of drug-likeness (QED) is 0.617. The van der Waals surface area contributed by atoms with Gasteiger partial charge in [0.25, 0.3) is 0 Å². The van der Waals surface area contributed by atoms with Crippen LogP contribution < -0.4 is 15.0 Å². The van der Waals surface area contributed by atoms with E-state index >= 15 is 0 Å². The molecular formula is C24H29F3N4O3S. The number of nitrogens with one attached hydrogen (secondary N) is 1. The molecule has 2 aliphatic rings. The van der Waals surface area contributed by atoms with Gasteiger partial charge in [-0.3, -0.25) is 4.99 Å². The zero-order valence-electron chi connectivity index (χ0n) is 19.6. The number of alkyl halides is 3. The molecule has 2 aromatic carbocycles. The number of methoxy groups -OCH3 is 1. The SMILES string of the molecule is COc1ccc2c(c1)CN(S(=O)(=O)C(F)(F)F)CC(CCc1ccccc1)N2CC1(C)CN=CN1. The van der Waals surface area contributed by atoms with E-state index in [4.69, 9.17) is 4.74 Å². The molecule has 0 aromatic heterocycles. The summed E-state index contributed by atoms with van der Waals surface area (Å²) in [7, 11) is -4.08. The minimum absolute atomic E-state index is 0.289. The molecule has 0 aliphatic carbocycles. The molecule has 0 saturated heterocycles. The van der Waals surface area contributed by atoms with Crippen molar-refractivity contribution in [1.29, 1.82) is 0 Å². The normalized spacial score (nSPS) is 23.0. The first-order chi connectivity index (χ1) is 16.5. The Morgan fingerprint density at radius 3 is 2.57 bits per heavy atom. The largest absolute Gasteiger partial charge is 0.511 e. The Morgan fingerprint density at radius 1 is 1.20 bits per heavy atom. The van der Waals surface area contributed by atoms with Gasteiger partial charge in [0.2, 0.25) is 0 Å². The number of benzene rings is 2. The molecule has 0 bridgehead atoms. The minimum atomic E-state index is -5.54. The molecule has 1 N–H and O–H groups in total. The summed E-state index contributed by atoms with van der Waals surface area (Å²) in [4.78, 5) is 6.31. The second kappa shape index (κ2) is 9.69. The van der Waals surface area contributed by atoms with Gasteiger partial charge in [0.1, 0.15) is 5.75 Å². The van der Waals surface area contributed by atoms with Crippen LogP contribution >= 0.6 is 0 Å². The topological polar surface area (TPSA) is 74.2 Å². The van der Waals surface area contributed by atoms with Gasteiger partial charge >= 0.3 is 15.5 Å². The Hall–Kier alpha value is -2.79. The summed E-state index contributed by atoms with van der Waals surface area (Å²) in [6.07, 6.45) is 2.69. The molecule has 2 aliphatic heterocycles. The van der Waals surface area contributed by atoms with Crippen LogP contribution in [-0.4, -0.2) is 62.9 Å². The van der Waals surface area contributed by atoms with Gasteiger partial charge in [-0.05, 0) is 49.1 Å². The van der Waals surface area contributed by atoms with Gasteiger partial charge in [0.05, 0.1) is 25.5 Å². The van der Waals surface area contributed by atoms with Crippen LogP contribution in [0.25, 0.3) is 0 Å². The number of halogens is 3. The molecule has 190 valence electrons. The van der Waals surface area contributed by atoms with Crippen molar-refractivity contribution < 1.29 is 26.3 Å². The maximum absolute atomic E-state index is 13.6. The zero-order chi connectivity index (χ0) is 25.3. The smallest absolute Gasteiger partial charge is 0.497 e. The van der Waals surface area contributed by atoms with Crippen LogP contribution in [0.15, 0.2) is 53.5 Å². The first kappa shape index (κ1) is 25.3. The lowest BCUT2D eigenvalue weighted by atomic mass is 9.98. The number of hydrogen-bond acceptors (Lipinski definition) is 6. The predicted octanol–water partition coefficient (Wildman–Crippen LogP) is 3.56. The summed E-state index contributed by atoms with van der Waals surface area (Å²) in [5.74, 6) is 0.448. The van der Waals surface area contributed by atoms with Gasteiger partial charge in [-0.1, -0.05) is 30.3 Å². The number of fused-ring (bicyclic) bond motifs is 1. The highest BCUT2D eigenvalue weighted by Gasteiger charge is 2.51. The molecule has 0 saturated carbocycles. The van der Waals surface area contributed by atoms with Gasteiger partial charge in [-0.25, -0.2) is 8.42 Å². The van der Waals surface area contributed by atoms with Gasteiger partial charge in [0.15, 0.2) is 0 Å². The number of sulfonamides is 1. The number of hydrogen-bond donors (Lipinski definition) is 1. The summed E-state index contributed by atoms with van der Waals surface area (Å²) in [5, 5.41) is 3.24. The van der Waals surface area contributed by atoms with Crippen LogP contribution in [0.2, 0.25) is 0 Å². The molecule has 2 aromatic rings. The molecule has 0 fully saturated rings. The Labute approximate surface area is 203 Å². The summed E-state index contributed by atoms with van der Waals surface area (Å²) < 4.78 is 71.9. The van der Waals surface area contributed by atoms with E-state index in [0.29, 0.717) is 47.2 Å². The predicted molar refractivity (Wildman–Crippen MR) is 129 cm³/mol. The van der Waals surface area contributed by atoms with Crippen molar-refractivity contribution in [2.75, 3.05) is 31.6 Å². The number of aryl methyl sites for hydroxylation is 1. The van der Waals surface area contributed by atoms with Crippen molar-refractivity contribution in [3.05, 3.63) is 59.7 Å². The van der Waals surface area contributed by atoms with E-state index < -0.39 is 33.7 Å². The van der Waals surface area contributed by atoms with E-state index in [1.54, 1.807) is 24.5 Å². The van der Waals surface area contributed by atoms with Crippen LogP contribution in [0.5, 0.6) is 5.75 Å². The highest BCUT2D eigenvalue weighted by molar-refractivity contribution is 7.89. The summed E-state index contributed by atoms with van der Waals surface area (Å²) in [5.41, 5.74) is -3.65. The molecule has 0 spiro atoms. The van der Waals surface area contributed by atoms with Crippen LogP contribution in [0.1, 0.15) is 24.5 Å². The first-order valence-electron chi connectivity index (χ1n) is 11.3. The van der Waals surface area contributed by atoms with E-state index in [-0.39, 0.29) is 6.54 Å². The summed E-state index contributed by atoms with van der Waals surface area (Å²) in [6.45, 7) is 2.25.